The number of H-pyrrole nitrogens is 1. The average Bonchev–Trinajstić information content (AvgIpc) is 2.83. The Labute approximate surface area is 113 Å². The summed E-state index contributed by atoms with van der Waals surface area (Å²) in [5.41, 5.74) is 2.91. The molecule has 2 aromatic rings. The Balaban J connectivity index is 2.30. The zero-order valence-corrected chi connectivity index (χ0v) is 11.8. The van der Waals surface area contributed by atoms with E-state index in [0.717, 1.165) is 29.9 Å². The number of aromatic nitrogens is 2. The average molecular weight is 279 g/mol. The van der Waals surface area contributed by atoms with Crippen LogP contribution in [0.1, 0.15) is 12.5 Å². The Morgan fingerprint density at radius 2 is 1.95 bits per heavy atom. The molecule has 6 heteroatoms. The summed E-state index contributed by atoms with van der Waals surface area (Å²) >= 11 is 0. The molecule has 2 rings (SSSR count). The SMILES string of the molecule is CCNCc1cn[nH]c1-c1ccc(S(C)(=O)=O)cc1. The third-order valence-corrected chi connectivity index (χ3v) is 3.98. The summed E-state index contributed by atoms with van der Waals surface area (Å²) in [5, 5.41) is 10.2. The van der Waals surface area contributed by atoms with E-state index in [2.05, 4.69) is 15.5 Å². The zero-order valence-electron chi connectivity index (χ0n) is 11.0. The van der Waals surface area contributed by atoms with Crippen molar-refractivity contribution >= 4 is 9.84 Å². The molecule has 102 valence electrons. The van der Waals surface area contributed by atoms with Gasteiger partial charge in [-0.2, -0.15) is 5.10 Å². The van der Waals surface area contributed by atoms with Crippen LogP contribution < -0.4 is 5.32 Å². The summed E-state index contributed by atoms with van der Waals surface area (Å²) in [4.78, 5) is 0.323. The second-order valence-electron chi connectivity index (χ2n) is 4.35. The predicted molar refractivity (Wildman–Crippen MR) is 74.5 cm³/mol. The van der Waals surface area contributed by atoms with Crippen molar-refractivity contribution in [3.63, 3.8) is 0 Å². The number of nitrogens with one attached hydrogen (secondary N) is 2. The van der Waals surface area contributed by atoms with Gasteiger partial charge in [0.15, 0.2) is 9.84 Å². The summed E-state index contributed by atoms with van der Waals surface area (Å²) in [7, 11) is -3.15. The smallest absolute Gasteiger partial charge is 0.175 e. The van der Waals surface area contributed by atoms with Crippen LogP contribution in [-0.4, -0.2) is 31.4 Å². The van der Waals surface area contributed by atoms with E-state index in [4.69, 9.17) is 0 Å². The van der Waals surface area contributed by atoms with Gasteiger partial charge in [0.25, 0.3) is 0 Å². The number of nitrogens with zero attached hydrogens (tertiary/aromatic N) is 1. The highest BCUT2D eigenvalue weighted by molar-refractivity contribution is 7.90. The molecular formula is C13H17N3O2S. The molecule has 5 nitrogen and oxygen atoms in total. The summed E-state index contributed by atoms with van der Waals surface area (Å²) in [6.45, 7) is 3.66. The van der Waals surface area contributed by atoms with Gasteiger partial charge in [0, 0.05) is 18.4 Å². The standard InChI is InChI=1S/C13H17N3O2S/c1-3-14-8-11-9-15-16-13(11)10-4-6-12(7-5-10)19(2,17)18/h4-7,9,14H,3,8H2,1-2H3,(H,15,16). The monoisotopic (exact) mass is 279 g/mol. The minimum Gasteiger partial charge on any atom is -0.313 e. The number of aromatic amines is 1. The summed E-state index contributed by atoms with van der Waals surface area (Å²) in [6, 6.07) is 6.81. The van der Waals surface area contributed by atoms with Crippen LogP contribution in [0.15, 0.2) is 35.4 Å². The molecule has 1 aromatic heterocycles. The topological polar surface area (TPSA) is 74.8 Å². The van der Waals surface area contributed by atoms with E-state index in [-0.39, 0.29) is 0 Å². The number of hydrogen-bond acceptors (Lipinski definition) is 4. The van der Waals surface area contributed by atoms with Gasteiger partial charge in [-0.15, -0.1) is 0 Å². The molecule has 1 heterocycles. The van der Waals surface area contributed by atoms with Crippen molar-refractivity contribution < 1.29 is 8.42 Å². The Hall–Kier alpha value is -1.66. The van der Waals surface area contributed by atoms with E-state index in [1.165, 1.54) is 6.26 Å². The van der Waals surface area contributed by atoms with Crippen LogP contribution in [0, 0.1) is 0 Å². The molecule has 0 amide bonds. The Morgan fingerprint density at radius 3 is 2.53 bits per heavy atom. The molecule has 0 aliphatic carbocycles. The lowest BCUT2D eigenvalue weighted by atomic mass is 10.1. The summed E-state index contributed by atoms with van der Waals surface area (Å²) in [6.07, 6.45) is 2.98. The maximum absolute atomic E-state index is 11.4. The fourth-order valence-corrected chi connectivity index (χ4v) is 2.45. The van der Waals surface area contributed by atoms with Crippen molar-refractivity contribution in [2.45, 2.75) is 18.4 Å². The third kappa shape index (κ3) is 3.21. The van der Waals surface area contributed by atoms with Gasteiger partial charge >= 0.3 is 0 Å². The Morgan fingerprint density at radius 1 is 1.26 bits per heavy atom. The van der Waals surface area contributed by atoms with Gasteiger partial charge in [-0.1, -0.05) is 19.1 Å². The van der Waals surface area contributed by atoms with Crippen LogP contribution in [-0.2, 0) is 16.4 Å². The highest BCUT2D eigenvalue weighted by Gasteiger charge is 2.10. The number of sulfone groups is 1. The van der Waals surface area contributed by atoms with Crippen LogP contribution in [0.2, 0.25) is 0 Å². The highest BCUT2D eigenvalue weighted by atomic mass is 32.2. The Bertz CT molecular complexity index is 645. The first-order valence-corrected chi connectivity index (χ1v) is 7.95. The molecule has 0 bridgehead atoms. The molecule has 0 radical (unpaired) electrons. The van der Waals surface area contributed by atoms with Crippen molar-refractivity contribution in [3.05, 3.63) is 36.0 Å². The van der Waals surface area contributed by atoms with Crippen LogP contribution in [0.5, 0.6) is 0 Å². The predicted octanol–water partition coefficient (Wildman–Crippen LogP) is 1.59. The molecule has 0 aliphatic heterocycles. The van der Waals surface area contributed by atoms with Crippen LogP contribution in [0.3, 0.4) is 0 Å². The fraction of sp³-hybridized carbons (Fsp3) is 0.308. The van der Waals surface area contributed by atoms with E-state index >= 15 is 0 Å². The van der Waals surface area contributed by atoms with E-state index in [9.17, 15) is 8.42 Å². The van der Waals surface area contributed by atoms with Gasteiger partial charge in [-0.05, 0) is 24.2 Å². The first-order chi connectivity index (χ1) is 9.02. The molecule has 0 spiro atoms. The van der Waals surface area contributed by atoms with Crippen LogP contribution >= 0.6 is 0 Å². The van der Waals surface area contributed by atoms with Crippen molar-refractivity contribution in [2.24, 2.45) is 0 Å². The molecule has 2 N–H and O–H groups in total. The normalized spacial score (nSPS) is 11.7. The highest BCUT2D eigenvalue weighted by Crippen LogP contribution is 2.22. The molecule has 0 aliphatic rings. The molecule has 0 saturated heterocycles. The van der Waals surface area contributed by atoms with E-state index < -0.39 is 9.84 Å². The number of benzene rings is 1. The second kappa shape index (κ2) is 5.54. The van der Waals surface area contributed by atoms with Crippen LogP contribution in [0.4, 0.5) is 0 Å². The first kappa shape index (κ1) is 13.8. The number of hydrogen-bond donors (Lipinski definition) is 2. The molecular weight excluding hydrogens is 262 g/mol. The van der Waals surface area contributed by atoms with Crippen molar-refractivity contribution in [2.75, 3.05) is 12.8 Å². The van der Waals surface area contributed by atoms with Crippen LogP contribution in [0.25, 0.3) is 11.3 Å². The Kier molecular flexibility index (Phi) is 4.01. The fourth-order valence-electron chi connectivity index (χ4n) is 1.82. The lowest BCUT2D eigenvalue weighted by molar-refractivity contribution is 0.602. The minimum absolute atomic E-state index is 0.323. The van der Waals surface area contributed by atoms with E-state index in [1.807, 2.05) is 6.92 Å². The molecule has 0 saturated carbocycles. The van der Waals surface area contributed by atoms with Crippen molar-refractivity contribution in [1.82, 2.24) is 15.5 Å². The molecule has 0 fully saturated rings. The number of rotatable bonds is 5. The van der Waals surface area contributed by atoms with Gasteiger partial charge in [-0.3, -0.25) is 5.10 Å². The lowest BCUT2D eigenvalue weighted by Crippen LogP contribution is -2.11. The molecule has 0 unspecified atom stereocenters. The first-order valence-electron chi connectivity index (χ1n) is 6.06. The summed E-state index contributed by atoms with van der Waals surface area (Å²) < 4.78 is 22.8. The van der Waals surface area contributed by atoms with Gasteiger partial charge in [-0.25, -0.2) is 8.42 Å². The second-order valence-corrected chi connectivity index (χ2v) is 6.36. The van der Waals surface area contributed by atoms with Gasteiger partial charge in [0.2, 0.25) is 0 Å². The largest absolute Gasteiger partial charge is 0.313 e. The maximum Gasteiger partial charge on any atom is 0.175 e. The molecule has 1 aromatic carbocycles. The minimum atomic E-state index is -3.15. The quantitative estimate of drug-likeness (QED) is 0.871. The lowest BCUT2D eigenvalue weighted by Gasteiger charge is -2.05. The van der Waals surface area contributed by atoms with Gasteiger partial charge in [0.1, 0.15) is 0 Å². The van der Waals surface area contributed by atoms with Gasteiger partial charge in [0.05, 0.1) is 16.8 Å². The molecule has 19 heavy (non-hydrogen) atoms. The van der Waals surface area contributed by atoms with Crippen molar-refractivity contribution in [1.29, 1.82) is 0 Å². The maximum atomic E-state index is 11.4. The summed E-state index contributed by atoms with van der Waals surface area (Å²) in [5.74, 6) is 0. The van der Waals surface area contributed by atoms with Gasteiger partial charge < -0.3 is 5.32 Å². The van der Waals surface area contributed by atoms with Crippen molar-refractivity contribution in [3.8, 4) is 11.3 Å². The van der Waals surface area contributed by atoms with E-state index in [0.29, 0.717) is 4.90 Å². The van der Waals surface area contributed by atoms with E-state index in [1.54, 1.807) is 30.5 Å². The molecule has 0 atom stereocenters. The third-order valence-electron chi connectivity index (χ3n) is 2.85. The zero-order chi connectivity index (χ0) is 13.9.